The van der Waals surface area contributed by atoms with Gasteiger partial charge in [-0.1, -0.05) is 17.7 Å². The standard InChI is InChI=1S/C20H17ClF3N3O2S/c21-15-2-4-16(5-3-15)30(28,29)27-11-9-26(10-12-27)19-7-8-25-18-13-14(20(22,23)24)1-6-17(18)19/h1-8,13H,9-12H2. The summed E-state index contributed by atoms with van der Waals surface area (Å²) in [6, 6.07) is 11.2. The van der Waals surface area contributed by atoms with Gasteiger partial charge in [-0.25, -0.2) is 8.42 Å². The Bertz CT molecular complexity index is 1180. The van der Waals surface area contributed by atoms with Crippen LogP contribution < -0.4 is 4.90 Å². The van der Waals surface area contributed by atoms with Crippen molar-refractivity contribution in [2.45, 2.75) is 11.1 Å². The normalized spacial score (nSPS) is 16.2. The van der Waals surface area contributed by atoms with Crippen molar-refractivity contribution in [1.29, 1.82) is 0 Å². The molecule has 1 aliphatic heterocycles. The van der Waals surface area contributed by atoms with Crippen molar-refractivity contribution >= 4 is 38.2 Å². The summed E-state index contributed by atoms with van der Waals surface area (Å²) in [6.45, 7) is 1.34. The van der Waals surface area contributed by atoms with Crippen molar-refractivity contribution < 1.29 is 21.6 Å². The second-order valence-corrected chi connectivity index (χ2v) is 9.28. The van der Waals surface area contributed by atoms with Gasteiger partial charge in [0, 0.05) is 48.5 Å². The molecule has 0 atom stereocenters. The van der Waals surface area contributed by atoms with Crippen LogP contribution in [0.4, 0.5) is 18.9 Å². The summed E-state index contributed by atoms with van der Waals surface area (Å²) in [5.41, 5.74) is 0.231. The maximum Gasteiger partial charge on any atom is 0.416 e. The highest BCUT2D eigenvalue weighted by molar-refractivity contribution is 7.89. The van der Waals surface area contributed by atoms with Crippen molar-refractivity contribution in [1.82, 2.24) is 9.29 Å². The van der Waals surface area contributed by atoms with E-state index < -0.39 is 21.8 Å². The Hall–Kier alpha value is -2.36. The predicted molar refractivity (Wildman–Crippen MR) is 109 cm³/mol. The van der Waals surface area contributed by atoms with Crippen LogP contribution in [-0.4, -0.2) is 43.9 Å². The van der Waals surface area contributed by atoms with Crippen LogP contribution in [0.2, 0.25) is 5.02 Å². The lowest BCUT2D eigenvalue weighted by Gasteiger charge is -2.35. The number of rotatable bonds is 3. The minimum atomic E-state index is -4.44. The van der Waals surface area contributed by atoms with E-state index in [0.717, 1.165) is 17.8 Å². The molecule has 0 spiro atoms. The number of pyridine rings is 1. The number of alkyl halides is 3. The predicted octanol–water partition coefficient (Wildman–Crippen LogP) is 4.42. The van der Waals surface area contributed by atoms with Gasteiger partial charge >= 0.3 is 6.18 Å². The Morgan fingerprint density at radius 2 is 1.60 bits per heavy atom. The van der Waals surface area contributed by atoms with Gasteiger partial charge < -0.3 is 4.90 Å². The molecule has 1 aromatic heterocycles. The fourth-order valence-electron chi connectivity index (χ4n) is 3.51. The Morgan fingerprint density at radius 1 is 0.933 bits per heavy atom. The molecule has 0 amide bonds. The maximum absolute atomic E-state index is 13.0. The number of fused-ring (bicyclic) bond motifs is 1. The molecule has 1 aliphatic rings. The molecule has 0 unspecified atom stereocenters. The molecule has 1 saturated heterocycles. The van der Waals surface area contributed by atoms with Crippen LogP contribution in [0.3, 0.4) is 0 Å². The van der Waals surface area contributed by atoms with E-state index in [1.165, 1.54) is 40.8 Å². The highest BCUT2D eigenvalue weighted by atomic mass is 35.5. The number of hydrogen-bond donors (Lipinski definition) is 0. The molecule has 0 radical (unpaired) electrons. The van der Waals surface area contributed by atoms with Crippen LogP contribution in [0.25, 0.3) is 10.9 Å². The molecule has 158 valence electrons. The van der Waals surface area contributed by atoms with E-state index in [2.05, 4.69) is 4.98 Å². The highest BCUT2D eigenvalue weighted by Crippen LogP contribution is 2.34. The second kappa shape index (κ2) is 7.72. The number of aromatic nitrogens is 1. The molecule has 4 rings (SSSR count). The van der Waals surface area contributed by atoms with E-state index in [1.54, 1.807) is 6.07 Å². The highest BCUT2D eigenvalue weighted by Gasteiger charge is 2.32. The molecule has 1 fully saturated rings. The molecular formula is C20H17ClF3N3O2S. The average Bonchev–Trinajstić information content (AvgIpc) is 2.72. The van der Waals surface area contributed by atoms with E-state index in [1.807, 2.05) is 4.90 Å². The Labute approximate surface area is 176 Å². The van der Waals surface area contributed by atoms with Crippen LogP contribution >= 0.6 is 11.6 Å². The Morgan fingerprint density at radius 3 is 2.23 bits per heavy atom. The van der Waals surface area contributed by atoms with Crippen molar-refractivity contribution in [3.05, 3.63) is 65.3 Å². The third-order valence-corrected chi connectivity index (χ3v) is 7.24. The van der Waals surface area contributed by atoms with Gasteiger partial charge in [0.2, 0.25) is 10.0 Å². The summed E-state index contributed by atoms with van der Waals surface area (Å²) >= 11 is 5.83. The zero-order valence-electron chi connectivity index (χ0n) is 15.6. The molecule has 0 saturated carbocycles. The van der Waals surface area contributed by atoms with E-state index >= 15 is 0 Å². The molecule has 0 bridgehead atoms. The largest absolute Gasteiger partial charge is 0.416 e. The van der Waals surface area contributed by atoms with Gasteiger partial charge in [0.15, 0.2) is 0 Å². The Kier molecular flexibility index (Phi) is 5.37. The van der Waals surface area contributed by atoms with Crippen LogP contribution in [0, 0.1) is 0 Å². The van der Waals surface area contributed by atoms with E-state index in [0.29, 0.717) is 23.5 Å². The first kappa shape index (κ1) is 20.9. The third kappa shape index (κ3) is 3.97. The fourth-order valence-corrected chi connectivity index (χ4v) is 5.06. The summed E-state index contributed by atoms with van der Waals surface area (Å²) in [7, 11) is -3.64. The minimum Gasteiger partial charge on any atom is -0.368 e. The SMILES string of the molecule is O=S(=O)(c1ccc(Cl)cc1)N1CCN(c2ccnc3cc(C(F)(F)F)ccc23)CC1. The van der Waals surface area contributed by atoms with E-state index in [-0.39, 0.29) is 23.5 Å². The summed E-state index contributed by atoms with van der Waals surface area (Å²) in [5, 5.41) is 1.05. The third-order valence-electron chi connectivity index (χ3n) is 5.08. The number of anilines is 1. The number of piperazine rings is 1. The van der Waals surface area contributed by atoms with Crippen LogP contribution in [0.5, 0.6) is 0 Å². The number of benzene rings is 2. The maximum atomic E-state index is 13.0. The summed E-state index contributed by atoms with van der Waals surface area (Å²) < 4.78 is 66.0. The van der Waals surface area contributed by atoms with Gasteiger partial charge in [-0.15, -0.1) is 0 Å². The minimum absolute atomic E-state index is 0.175. The molecule has 0 aliphatic carbocycles. The van der Waals surface area contributed by atoms with Crippen LogP contribution in [-0.2, 0) is 16.2 Å². The first-order valence-corrected chi connectivity index (χ1v) is 10.9. The van der Waals surface area contributed by atoms with Gasteiger partial charge in [-0.3, -0.25) is 4.98 Å². The van der Waals surface area contributed by atoms with E-state index in [4.69, 9.17) is 11.6 Å². The van der Waals surface area contributed by atoms with Gasteiger partial charge in [-0.05, 0) is 42.5 Å². The molecule has 0 N–H and O–H groups in total. The first-order valence-electron chi connectivity index (χ1n) is 9.13. The van der Waals surface area contributed by atoms with Crippen molar-refractivity contribution in [2.24, 2.45) is 0 Å². The molecule has 2 heterocycles. The van der Waals surface area contributed by atoms with Gasteiger partial charge in [0.05, 0.1) is 16.0 Å². The molecule has 10 heteroatoms. The zero-order valence-corrected chi connectivity index (χ0v) is 17.2. The molecule has 2 aromatic carbocycles. The lowest BCUT2D eigenvalue weighted by molar-refractivity contribution is -0.137. The molecule has 5 nitrogen and oxygen atoms in total. The summed E-state index contributed by atoms with van der Waals surface area (Å²) in [4.78, 5) is 6.21. The monoisotopic (exact) mass is 455 g/mol. The first-order chi connectivity index (χ1) is 14.2. The fraction of sp³-hybridized carbons (Fsp3) is 0.250. The number of hydrogen-bond acceptors (Lipinski definition) is 4. The zero-order chi connectivity index (χ0) is 21.5. The average molecular weight is 456 g/mol. The summed E-state index contributed by atoms with van der Waals surface area (Å²) in [6.07, 6.45) is -2.97. The van der Waals surface area contributed by atoms with Crippen molar-refractivity contribution in [2.75, 3.05) is 31.1 Å². The van der Waals surface area contributed by atoms with E-state index in [9.17, 15) is 21.6 Å². The smallest absolute Gasteiger partial charge is 0.368 e. The lowest BCUT2D eigenvalue weighted by Crippen LogP contribution is -2.48. The number of nitrogens with zero attached hydrogens (tertiary/aromatic N) is 3. The molecule has 30 heavy (non-hydrogen) atoms. The topological polar surface area (TPSA) is 53.5 Å². The lowest BCUT2D eigenvalue weighted by atomic mass is 10.1. The second-order valence-electron chi connectivity index (χ2n) is 6.90. The summed E-state index contributed by atoms with van der Waals surface area (Å²) in [5.74, 6) is 0. The molecule has 3 aromatic rings. The quantitative estimate of drug-likeness (QED) is 0.586. The van der Waals surface area contributed by atoms with Gasteiger partial charge in [0.1, 0.15) is 0 Å². The van der Waals surface area contributed by atoms with Crippen molar-refractivity contribution in [3.8, 4) is 0 Å². The van der Waals surface area contributed by atoms with Crippen LogP contribution in [0.1, 0.15) is 5.56 Å². The number of sulfonamides is 1. The van der Waals surface area contributed by atoms with Crippen LogP contribution in [0.15, 0.2) is 59.6 Å². The Balaban J connectivity index is 1.55. The number of halogens is 4. The molecular weight excluding hydrogens is 439 g/mol. The van der Waals surface area contributed by atoms with Gasteiger partial charge in [0.25, 0.3) is 0 Å². The van der Waals surface area contributed by atoms with Crippen molar-refractivity contribution in [3.63, 3.8) is 0 Å². The van der Waals surface area contributed by atoms with Gasteiger partial charge in [-0.2, -0.15) is 17.5 Å².